The standard InChI is InChI=1S/C10H7NO5S/c1-16-7-3-5(9(12)13)2-6(11-4-17)8(7)10(14)15/h2-3H,1H3,(H,12,13)(H,14,15). The molecule has 0 aromatic heterocycles. The van der Waals surface area contributed by atoms with Gasteiger partial charge in [0.15, 0.2) is 0 Å². The molecule has 0 heterocycles. The zero-order chi connectivity index (χ0) is 13.0. The van der Waals surface area contributed by atoms with Gasteiger partial charge in [-0.15, -0.1) is 0 Å². The van der Waals surface area contributed by atoms with Crippen LogP contribution in [0.5, 0.6) is 5.75 Å². The second-order valence-corrected chi connectivity index (χ2v) is 3.07. The lowest BCUT2D eigenvalue weighted by atomic mass is 10.1. The third-order valence-electron chi connectivity index (χ3n) is 1.93. The first-order chi connectivity index (χ1) is 8.01. The first kappa shape index (κ1) is 12.8. The maximum Gasteiger partial charge on any atom is 0.341 e. The van der Waals surface area contributed by atoms with Crippen LogP contribution in [0, 0.1) is 0 Å². The van der Waals surface area contributed by atoms with E-state index in [9.17, 15) is 9.59 Å². The number of nitrogens with zero attached hydrogens (tertiary/aromatic N) is 1. The number of thiocarbonyl (C=S) groups is 1. The van der Waals surface area contributed by atoms with Gasteiger partial charge in [0.05, 0.1) is 23.5 Å². The number of rotatable bonds is 4. The van der Waals surface area contributed by atoms with Crippen molar-refractivity contribution in [2.24, 2.45) is 4.99 Å². The van der Waals surface area contributed by atoms with Crippen molar-refractivity contribution in [3.05, 3.63) is 23.3 Å². The number of hydrogen-bond donors (Lipinski definition) is 2. The van der Waals surface area contributed by atoms with Gasteiger partial charge in [-0.3, -0.25) is 0 Å². The van der Waals surface area contributed by atoms with E-state index in [2.05, 4.69) is 17.2 Å². The van der Waals surface area contributed by atoms with Crippen LogP contribution in [0.2, 0.25) is 0 Å². The molecule has 0 atom stereocenters. The van der Waals surface area contributed by atoms with Crippen LogP contribution in [0.1, 0.15) is 20.7 Å². The van der Waals surface area contributed by atoms with Gasteiger partial charge in [-0.2, -0.15) is 4.99 Å². The highest BCUT2D eigenvalue weighted by molar-refractivity contribution is 7.78. The predicted octanol–water partition coefficient (Wildman–Crippen LogP) is 1.83. The average molecular weight is 253 g/mol. The minimum Gasteiger partial charge on any atom is -0.496 e. The Hall–Kier alpha value is -2.24. The Morgan fingerprint density at radius 1 is 1.35 bits per heavy atom. The Kier molecular flexibility index (Phi) is 3.92. The van der Waals surface area contributed by atoms with Gasteiger partial charge in [-0.1, -0.05) is 0 Å². The van der Waals surface area contributed by atoms with Crippen LogP contribution in [-0.2, 0) is 0 Å². The van der Waals surface area contributed by atoms with Crippen LogP contribution < -0.4 is 4.74 Å². The summed E-state index contributed by atoms with van der Waals surface area (Å²) in [6, 6.07) is 2.20. The van der Waals surface area contributed by atoms with Gasteiger partial charge in [-0.25, -0.2) is 9.59 Å². The summed E-state index contributed by atoms with van der Waals surface area (Å²) in [4.78, 5) is 25.3. The summed E-state index contributed by atoms with van der Waals surface area (Å²) < 4.78 is 4.82. The molecule has 0 saturated heterocycles. The Bertz CT molecular complexity index is 534. The van der Waals surface area contributed by atoms with Crippen molar-refractivity contribution in [3.8, 4) is 5.75 Å². The first-order valence-corrected chi connectivity index (χ1v) is 4.68. The van der Waals surface area contributed by atoms with Gasteiger partial charge >= 0.3 is 11.9 Å². The van der Waals surface area contributed by atoms with Gasteiger partial charge in [0.2, 0.25) is 0 Å². The highest BCUT2D eigenvalue weighted by Gasteiger charge is 2.20. The molecule has 6 nitrogen and oxygen atoms in total. The lowest BCUT2D eigenvalue weighted by Gasteiger charge is -2.08. The average Bonchev–Trinajstić information content (AvgIpc) is 2.27. The van der Waals surface area contributed by atoms with Crippen molar-refractivity contribution in [2.75, 3.05) is 7.11 Å². The molecule has 88 valence electrons. The second kappa shape index (κ2) is 5.20. The molecule has 0 amide bonds. The number of aliphatic imine (C=N–C) groups is 1. The Morgan fingerprint density at radius 3 is 2.41 bits per heavy atom. The van der Waals surface area contributed by atoms with Crippen molar-refractivity contribution < 1.29 is 24.5 Å². The summed E-state index contributed by atoms with van der Waals surface area (Å²) in [7, 11) is 1.23. The molecule has 0 radical (unpaired) electrons. The lowest BCUT2D eigenvalue weighted by Crippen LogP contribution is -2.04. The van der Waals surface area contributed by atoms with E-state index in [0.717, 1.165) is 12.1 Å². The van der Waals surface area contributed by atoms with E-state index in [1.165, 1.54) is 7.11 Å². The molecular formula is C10H7NO5S. The van der Waals surface area contributed by atoms with Gasteiger partial charge in [0.1, 0.15) is 11.3 Å². The maximum atomic E-state index is 11.0. The molecule has 1 rings (SSSR count). The molecule has 0 unspecified atom stereocenters. The second-order valence-electron chi connectivity index (χ2n) is 2.89. The van der Waals surface area contributed by atoms with Crippen molar-refractivity contribution in [1.82, 2.24) is 0 Å². The number of carboxylic acids is 2. The van der Waals surface area contributed by atoms with Crippen molar-refractivity contribution in [2.45, 2.75) is 0 Å². The molecule has 2 N–H and O–H groups in total. The molecule has 0 aliphatic heterocycles. The van der Waals surface area contributed by atoms with Crippen molar-refractivity contribution in [3.63, 3.8) is 0 Å². The number of carboxylic acid groups (broad SMARTS) is 2. The first-order valence-electron chi connectivity index (χ1n) is 4.27. The highest BCUT2D eigenvalue weighted by Crippen LogP contribution is 2.30. The predicted molar refractivity (Wildman–Crippen MR) is 61.6 cm³/mol. The normalized spacial score (nSPS) is 9.24. The van der Waals surface area contributed by atoms with E-state index in [0.29, 0.717) is 0 Å². The van der Waals surface area contributed by atoms with Crippen LogP contribution in [-0.4, -0.2) is 34.4 Å². The smallest absolute Gasteiger partial charge is 0.341 e. The Morgan fingerprint density at radius 2 is 2.00 bits per heavy atom. The number of ether oxygens (including phenoxy) is 1. The summed E-state index contributed by atoms with van der Waals surface area (Å²) in [6.45, 7) is 0. The molecule has 0 fully saturated rings. The van der Waals surface area contributed by atoms with Gasteiger partial charge in [0.25, 0.3) is 0 Å². The zero-order valence-electron chi connectivity index (χ0n) is 8.63. The third-order valence-corrected chi connectivity index (χ3v) is 2.02. The van der Waals surface area contributed by atoms with Gasteiger partial charge < -0.3 is 14.9 Å². The van der Waals surface area contributed by atoms with E-state index in [1.54, 1.807) is 0 Å². The molecule has 0 aliphatic carbocycles. The quantitative estimate of drug-likeness (QED) is 0.627. The summed E-state index contributed by atoms with van der Waals surface area (Å²) in [5.41, 5.74) is -0.505. The molecule has 0 aliphatic rings. The summed E-state index contributed by atoms with van der Waals surface area (Å²) >= 11 is 4.37. The topological polar surface area (TPSA) is 96.2 Å². The Balaban J connectivity index is 3.62. The van der Waals surface area contributed by atoms with E-state index in [4.69, 9.17) is 14.9 Å². The number of methoxy groups -OCH3 is 1. The van der Waals surface area contributed by atoms with Crippen LogP contribution in [0.4, 0.5) is 5.69 Å². The van der Waals surface area contributed by atoms with Crippen LogP contribution >= 0.6 is 12.2 Å². The zero-order valence-corrected chi connectivity index (χ0v) is 9.45. The van der Waals surface area contributed by atoms with E-state index >= 15 is 0 Å². The molecule has 0 bridgehead atoms. The number of benzene rings is 1. The fourth-order valence-electron chi connectivity index (χ4n) is 1.24. The van der Waals surface area contributed by atoms with Crippen LogP contribution in [0.25, 0.3) is 0 Å². The number of hydrogen-bond acceptors (Lipinski definition) is 5. The SMILES string of the molecule is COc1cc(C(=O)O)cc(N=C=S)c1C(=O)O. The van der Waals surface area contributed by atoms with Crippen LogP contribution in [0.3, 0.4) is 0 Å². The maximum absolute atomic E-state index is 11.0. The fourth-order valence-corrected chi connectivity index (χ4v) is 1.34. The molecule has 1 aromatic carbocycles. The van der Waals surface area contributed by atoms with Gasteiger partial charge in [-0.05, 0) is 24.4 Å². The lowest BCUT2D eigenvalue weighted by molar-refractivity contribution is 0.0678. The van der Waals surface area contributed by atoms with Crippen molar-refractivity contribution >= 4 is 35.0 Å². The minimum absolute atomic E-state index is 0.0959. The van der Waals surface area contributed by atoms with Crippen molar-refractivity contribution in [1.29, 1.82) is 0 Å². The number of aromatic carboxylic acids is 2. The largest absolute Gasteiger partial charge is 0.496 e. The summed E-state index contributed by atoms with van der Waals surface area (Å²) in [5, 5.41) is 19.8. The number of isothiocyanates is 1. The van der Waals surface area contributed by atoms with Crippen LogP contribution in [0.15, 0.2) is 17.1 Å². The van der Waals surface area contributed by atoms with E-state index in [-0.39, 0.29) is 22.6 Å². The summed E-state index contributed by atoms with van der Waals surface area (Å²) in [5.74, 6) is -2.61. The van der Waals surface area contributed by atoms with Gasteiger partial charge in [0, 0.05) is 0 Å². The van der Waals surface area contributed by atoms with E-state index < -0.39 is 11.9 Å². The fraction of sp³-hybridized carbons (Fsp3) is 0.100. The Labute approximate surface area is 101 Å². The molecule has 0 spiro atoms. The minimum atomic E-state index is -1.29. The molecule has 17 heavy (non-hydrogen) atoms. The number of carbonyl (C=O) groups is 2. The summed E-state index contributed by atoms with van der Waals surface area (Å²) in [6.07, 6.45) is 0. The molecule has 1 aromatic rings. The molecule has 0 saturated carbocycles. The molecular weight excluding hydrogens is 246 g/mol. The third kappa shape index (κ3) is 2.66. The monoisotopic (exact) mass is 253 g/mol. The van der Waals surface area contributed by atoms with E-state index in [1.807, 2.05) is 5.16 Å². The highest BCUT2D eigenvalue weighted by atomic mass is 32.1. The molecule has 7 heteroatoms.